The Hall–Kier alpha value is -0.820. The number of likely N-dealkylation sites (tertiary alicyclic amines) is 1. The van der Waals surface area contributed by atoms with Crippen LogP contribution in [0.4, 0.5) is 0 Å². The third-order valence-electron chi connectivity index (χ3n) is 5.85. The summed E-state index contributed by atoms with van der Waals surface area (Å²) in [6, 6.07) is -1.60. The first-order valence-electron chi connectivity index (χ1n) is 9.95. The van der Waals surface area contributed by atoms with Crippen LogP contribution in [0, 0.1) is 5.92 Å². The summed E-state index contributed by atoms with van der Waals surface area (Å²) < 4.78 is 29.2. The number of aliphatic hydroxyl groups is 4. The Kier molecular flexibility index (Phi) is 8.05. The second-order valence-corrected chi connectivity index (χ2v) is 10.5. The molecular formula is C18H34N2O8S. The minimum atomic E-state index is -3.94. The predicted octanol–water partition coefficient (Wildman–Crippen LogP) is -2.18. The fraction of sp³-hybridized carbons (Fsp3) is 0.944. The van der Waals surface area contributed by atoms with Crippen molar-refractivity contribution < 1.29 is 38.4 Å². The van der Waals surface area contributed by atoms with Crippen molar-refractivity contribution in [3.05, 3.63) is 0 Å². The minimum absolute atomic E-state index is 0.371. The van der Waals surface area contributed by atoms with Gasteiger partial charge in [-0.3, -0.25) is 9.69 Å². The minimum Gasteiger partial charge on any atom is -0.391 e. The molecule has 2 rings (SSSR count). The maximum absolute atomic E-state index is 12.9. The second kappa shape index (κ2) is 9.54. The third-order valence-corrected chi connectivity index (χ3v) is 7.08. The molecule has 2 aliphatic heterocycles. The Labute approximate surface area is 171 Å². The normalized spacial score (nSPS) is 38.6. The zero-order valence-electron chi connectivity index (χ0n) is 17.3. The molecule has 5 N–H and O–H groups in total. The van der Waals surface area contributed by atoms with Gasteiger partial charge < -0.3 is 30.5 Å². The van der Waals surface area contributed by atoms with E-state index < -0.39 is 57.9 Å². The summed E-state index contributed by atoms with van der Waals surface area (Å²) in [6.07, 6.45) is -4.49. The molecule has 11 heteroatoms. The molecule has 0 bridgehead atoms. The number of ether oxygens (including phenoxy) is 1. The molecule has 170 valence electrons. The first-order chi connectivity index (χ1) is 13.4. The lowest BCUT2D eigenvalue weighted by atomic mass is 9.92. The smallest absolute Gasteiger partial charge is 0.237 e. The Balaban J connectivity index is 2.19. The van der Waals surface area contributed by atoms with E-state index in [0.717, 1.165) is 25.6 Å². The highest BCUT2D eigenvalue weighted by atomic mass is 32.2. The van der Waals surface area contributed by atoms with Gasteiger partial charge in [-0.05, 0) is 32.7 Å². The molecule has 9 atom stereocenters. The highest BCUT2D eigenvalue weighted by Gasteiger charge is 2.51. The van der Waals surface area contributed by atoms with E-state index in [1.807, 2.05) is 11.9 Å². The van der Waals surface area contributed by atoms with Crippen LogP contribution in [-0.2, 0) is 19.4 Å². The summed E-state index contributed by atoms with van der Waals surface area (Å²) in [5.74, 6) is 0.0122. The van der Waals surface area contributed by atoms with E-state index >= 15 is 0 Å². The van der Waals surface area contributed by atoms with Gasteiger partial charge in [0.15, 0.2) is 15.3 Å². The molecule has 0 aromatic heterocycles. The van der Waals surface area contributed by atoms with E-state index in [9.17, 15) is 33.6 Å². The first-order valence-corrected chi connectivity index (χ1v) is 11.9. The molecule has 29 heavy (non-hydrogen) atoms. The Morgan fingerprint density at radius 1 is 1.24 bits per heavy atom. The van der Waals surface area contributed by atoms with Crippen LogP contribution in [0.25, 0.3) is 0 Å². The van der Waals surface area contributed by atoms with Crippen LogP contribution in [0.5, 0.6) is 0 Å². The largest absolute Gasteiger partial charge is 0.391 e. The molecule has 0 saturated carbocycles. The lowest BCUT2D eigenvalue weighted by Crippen LogP contribution is -2.67. The Bertz CT molecular complexity index is 673. The highest BCUT2D eigenvalue weighted by Crippen LogP contribution is 2.29. The standard InChI is InChI=1S/C18H34N2O8S/c1-5-6-10-7-11(20(3)8-10)17(25)19-12(9(2)21)16-14(23)13(22)15(24)18(28-16)29(4,26)27/h9-16,18,21-24H,5-8H2,1-4H3,(H,19,25)/t9-,10-,11+,12-,13+,14-,15-,16-,18-/m1/s1. The predicted molar refractivity (Wildman–Crippen MR) is 105 cm³/mol. The van der Waals surface area contributed by atoms with Crippen molar-refractivity contribution in [3.63, 3.8) is 0 Å². The summed E-state index contributed by atoms with van der Waals surface area (Å²) in [4.78, 5) is 14.8. The quantitative estimate of drug-likeness (QED) is 0.298. The Morgan fingerprint density at radius 3 is 2.38 bits per heavy atom. The molecule has 2 fully saturated rings. The first kappa shape index (κ1) is 24.4. The zero-order chi connectivity index (χ0) is 22.1. The van der Waals surface area contributed by atoms with E-state index in [2.05, 4.69) is 12.2 Å². The maximum atomic E-state index is 12.9. The molecule has 2 saturated heterocycles. The topological polar surface area (TPSA) is 157 Å². The van der Waals surface area contributed by atoms with Crippen molar-refractivity contribution in [1.82, 2.24) is 10.2 Å². The van der Waals surface area contributed by atoms with Gasteiger partial charge in [-0.15, -0.1) is 0 Å². The number of carbonyl (C=O) groups excluding carboxylic acids is 1. The lowest BCUT2D eigenvalue weighted by molar-refractivity contribution is -0.212. The van der Waals surface area contributed by atoms with Gasteiger partial charge in [0, 0.05) is 12.8 Å². The molecule has 0 radical (unpaired) electrons. The average Bonchev–Trinajstić information content (AvgIpc) is 2.97. The summed E-state index contributed by atoms with van der Waals surface area (Å²) in [5, 5.41) is 43.3. The molecule has 1 amide bonds. The van der Waals surface area contributed by atoms with E-state index in [-0.39, 0.29) is 5.91 Å². The number of nitrogens with zero attached hydrogens (tertiary/aromatic N) is 1. The number of carbonyl (C=O) groups is 1. The second-order valence-electron chi connectivity index (χ2n) is 8.39. The van der Waals surface area contributed by atoms with Crippen LogP contribution in [0.15, 0.2) is 0 Å². The van der Waals surface area contributed by atoms with Gasteiger partial charge >= 0.3 is 0 Å². The molecular weight excluding hydrogens is 404 g/mol. The van der Waals surface area contributed by atoms with Crippen molar-refractivity contribution in [2.75, 3.05) is 19.8 Å². The van der Waals surface area contributed by atoms with Gasteiger partial charge in [-0.25, -0.2) is 8.42 Å². The van der Waals surface area contributed by atoms with Crippen molar-refractivity contribution in [2.24, 2.45) is 5.92 Å². The molecule has 0 spiro atoms. The third kappa shape index (κ3) is 5.46. The van der Waals surface area contributed by atoms with Crippen LogP contribution < -0.4 is 5.32 Å². The van der Waals surface area contributed by atoms with Crippen LogP contribution in [0.1, 0.15) is 33.1 Å². The molecule has 10 nitrogen and oxygen atoms in total. The van der Waals surface area contributed by atoms with E-state index in [4.69, 9.17) is 4.74 Å². The number of likely N-dealkylation sites (N-methyl/N-ethyl adjacent to an activating group) is 1. The van der Waals surface area contributed by atoms with Crippen LogP contribution in [0.2, 0.25) is 0 Å². The number of sulfone groups is 1. The Morgan fingerprint density at radius 2 is 1.86 bits per heavy atom. The van der Waals surface area contributed by atoms with Crippen LogP contribution >= 0.6 is 0 Å². The molecule has 0 aromatic rings. The molecule has 0 aliphatic carbocycles. The number of aliphatic hydroxyl groups excluding tert-OH is 4. The van der Waals surface area contributed by atoms with E-state index in [0.29, 0.717) is 12.3 Å². The number of hydrogen-bond donors (Lipinski definition) is 5. The van der Waals surface area contributed by atoms with Gasteiger partial charge in [-0.2, -0.15) is 0 Å². The fourth-order valence-corrected chi connectivity index (χ4v) is 5.29. The van der Waals surface area contributed by atoms with Gasteiger partial charge in [0.1, 0.15) is 24.4 Å². The molecule has 2 heterocycles. The summed E-state index contributed by atoms with van der Waals surface area (Å²) in [6.45, 7) is 4.22. The van der Waals surface area contributed by atoms with Crippen molar-refractivity contribution in [3.8, 4) is 0 Å². The zero-order valence-corrected chi connectivity index (χ0v) is 18.1. The van der Waals surface area contributed by atoms with Crippen LogP contribution in [-0.4, -0.2) is 108 Å². The number of rotatable bonds is 7. The average molecular weight is 439 g/mol. The number of nitrogens with one attached hydrogen (secondary N) is 1. The van der Waals surface area contributed by atoms with Gasteiger partial charge in [0.25, 0.3) is 0 Å². The van der Waals surface area contributed by atoms with Gasteiger partial charge in [0.05, 0.1) is 18.2 Å². The molecule has 2 aliphatic rings. The van der Waals surface area contributed by atoms with E-state index in [1.54, 1.807) is 0 Å². The summed E-state index contributed by atoms with van der Waals surface area (Å²) in [5.41, 5.74) is -1.79. The molecule has 0 aromatic carbocycles. The number of hydrogen-bond acceptors (Lipinski definition) is 9. The van der Waals surface area contributed by atoms with Crippen molar-refractivity contribution in [1.29, 1.82) is 0 Å². The van der Waals surface area contributed by atoms with E-state index in [1.165, 1.54) is 6.92 Å². The van der Waals surface area contributed by atoms with Crippen LogP contribution in [0.3, 0.4) is 0 Å². The van der Waals surface area contributed by atoms with Gasteiger partial charge in [0.2, 0.25) is 5.91 Å². The fourth-order valence-electron chi connectivity index (χ4n) is 4.29. The lowest BCUT2D eigenvalue weighted by Gasteiger charge is -2.43. The SMILES string of the molecule is CCC[C@@H]1C[C@@H](C(=O)N[C@@H]([C@H]2O[C@H](S(C)(=O)=O)[C@H](O)[C@@H](O)[C@H]2O)[C@@H](C)O)N(C)C1. The highest BCUT2D eigenvalue weighted by molar-refractivity contribution is 7.91. The molecule has 0 unspecified atom stereocenters. The maximum Gasteiger partial charge on any atom is 0.237 e. The number of amides is 1. The van der Waals surface area contributed by atoms with Gasteiger partial charge in [-0.1, -0.05) is 13.3 Å². The summed E-state index contributed by atoms with van der Waals surface area (Å²) in [7, 11) is -2.10. The summed E-state index contributed by atoms with van der Waals surface area (Å²) >= 11 is 0. The monoisotopic (exact) mass is 438 g/mol. The van der Waals surface area contributed by atoms with Crippen molar-refractivity contribution >= 4 is 15.7 Å². The van der Waals surface area contributed by atoms with Crippen molar-refractivity contribution in [2.45, 2.75) is 81.1 Å².